The maximum atomic E-state index is 10.4. The average molecular weight is 128 g/mol. The van der Waals surface area contributed by atoms with Crippen molar-refractivity contribution >= 4 is 15.8 Å². The molecule has 1 fully saturated rings. The summed E-state index contributed by atoms with van der Waals surface area (Å²) in [6.07, 6.45) is 2.24. The van der Waals surface area contributed by atoms with E-state index >= 15 is 0 Å². The van der Waals surface area contributed by atoms with Gasteiger partial charge < -0.3 is 0 Å². The highest BCUT2D eigenvalue weighted by Crippen LogP contribution is 2.08. The van der Waals surface area contributed by atoms with Gasteiger partial charge in [-0.05, 0) is 10.7 Å². The Bertz CT molecular complexity index is 191. The Kier molecular flexibility index (Phi) is 1.40. The van der Waals surface area contributed by atoms with Crippen LogP contribution in [0, 0.1) is 11.5 Å². The number of hydrogen-bond donors (Lipinski definition) is 0. The Morgan fingerprint density at radius 2 is 2.62 bits per heavy atom. The Balaban J connectivity index is 2.64. The third kappa shape index (κ3) is 0.771. The van der Waals surface area contributed by atoms with E-state index in [9.17, 15) is 4.79 Å². The number of hydrogen-bond acceptors (Lipinski definition) is 3. The van der Waals surface area contributed by atoms with E-state index in [0.29, 0.717) is 6.42 Å². The van der Waals surface area contributed by atoms with E-state index < -0.39 is 10.7 Å². The van der Waals surface area contributed by atoms with Crippen molar-refractivity contribution < 1.29 is 4.79 Å². The molecule has 0 saturated carbocycles. The largest absolute Gasteiger partial charge is 0.286 e. The third-order valence-corrected chi connectivity index (χ3v) is 2.54. The van der Waals surface area contributed by atoms with Crippen molar-refractivity contribution in [3.63, 3.8) is 0 Å². The molecule has 1 unspecified atom stereocenters. The predicted molar refractivity (Wildman–Crippen MR) is 29.9 cm³/mol. The van der Waals surface area contributed by atoms with Gasteiger partial charge in [0, 0.05) is 12.2 Å². The van der Waals surface area contributed by atoms with E-state index in [2.05, 4.69) is 4.36 Å². The molecule has 1 heterocycles. The molecular formula is C4H4N2OS. The van der Waals surface area contributed by atoms with Gasteiger partial charge in [-0.25, -0.2) is 0 Å². The molecule has 1 rings (SSSR count). The number of rotatable bonds is 0. The van der Waals surface area contributed by atoms with Crippen LogP contribution < -0.4 is 0 Å². The summed E-state index contributed by atoms with van der Waals surface area (Å²) in [4.78, 5) is 10.4. The summed E-state index contributed by atoms with van der Waals surface area (Å²) in [6.45, 7) is 0. The Hall–Kier alpha value is -0.690. The van der Waals surface area contributed by atoms with Gasteiger partial charge in [0.1, 0.15) is 0 Å². The molecule has 1 aliphatic heterocycles. The number of nitrogens with zero attached hydrogens (tertiary/aromatic N) is 2. The van der Waals surface area contributed by atoms with Gasteiger partial charge >= 0.3 is 0 Å². The monoisotopic (exact) mass is 128 g/mol. The molecule has 0 N–H and O–H groups in total. The predicted octanol–water partition coefficient (Wildman–Crippen LogP) is 0.200. The van der Waals surface area contributed by atoms with Gasteiger partial charge in [0.25, 0.3) is 0 Å². The lowest BCUT2D eigenvalue weighted by molar-refractivity contribution is -0.111. The molecule has 1 aliphatic rings. The normalized spacial score (nSPS) is 26.9. The summed E-state index contributed by atoms with van der Waals surface area (Å²) in [5, 5.41) is 8.09. The molecular weight excluding hydrogens is 124 g/mol. The molecule has 0 bridgehead atoms. The van der Waals surface area contributed by atoms with Crippen molar-refractivity contribution in [2.24, 2.45) is 4.36 Å². The van der Waals surface area contributed by atoms with Crippen molar-refractivity contribution in [2.75, 3.05) is 5.75 Å². The molecule has 0 spiro atoms. The molecule has 0 aromatic rings. The van der Waals surface area contributed by atoms with Gasteiger partial charge in [-0.1, -0.05) is 0 Å². The van der Waals surface area contributed by atoms with Gasteiger partial charge in [-0.15, -0.1) is 4.36 Å². The number of carbonyl (C=O) groups excluding carboxylic acids is 1. The van der Waals surface area contributed by atoms with Crippen molar-refractivity contribution in [1.82, 2.24) is 0 Å². The first-order chi connectivity index (χ1) is 3.84. The molecule has 1 saturated heterocycles. The van der Waals surface area contributed by atoms with Gasteiger partial charge in [-0.2, -0.15) is 5.26 Å². The average Bonchev–Trinajstić information content (AvgIpc) is 1.79. The molecule has 42 valence electrons. The van der Waals surface area contributed by atoms with E-state index in [1.165, 1.54) is 0 Å². The van der Waals surface area contributed by atoms with E-state index in [1.54, 1.807) is 6.19 Å². The summed E-state index contributed by atoms with van der Waals surface area (Å²) in [5.74, 6) is 0.798. The smallest absolute Gasteiger partial charge is 0.212 e. The Labute approximate surface area is 49.4 Å². The molecule has 0 amide bonds. The van der Waals surface area contributed by atoms with Crippen molar-refractivity contribution in [1.29, 1.82) is 5.26 Å². The number of carbonyl (C=O) groups is 1. The minimum Gasteiger partial charge on any atom is -0.286 e. The van der Waals surface area contributed by atoms with E-state index in [1.807, 2.05) is 0 Å². The highest BCUT2D eigenvalue weighted by molar-refractivity contribution is 8.04. The maximum absolute atomic E-state index is 10.4. The maximum Gasteiger partial charge on any atom is 0.212 e. The van der Waals surface area contributed by atoms with Crippen LogP contribution >= 0.6 is 0 Å². The minimum atomic E-state index is -0.516. The van der Waals surface area contributed by atoms with Gasteiger partial charge in [-0.3, -0.25) is 4.79 Å². The SMILES string of the molecule is N#CN=S1CCC1=O. The van der Waals surface area contributed by atoms with E-state index in [0.717, 1.165) is 5.75 Å². The summed E-state index contributed by atoms with van der Waals surface area (Å²) in [7, 11) is -0.516. The van der Waals surface area contributed by atoms with Crippen LogP contribution in [0.2, 0.25) is 0 Å². The van der Waals surface area contributed by atoms with Crippen LogP contribution in [0.15, 0.2) is 4.36 Å². The van der Waals surface area contributed by atoms with Crippen molar-refractivity contribution in [2.45, 2.75) is 6.42 Å². The van der Waals surface area contributed by atoms with Gasteiger partial charge in [0.15, 0.2) is 0 Å². The first-order valence-corrected chi connectivity index (χ1v) is 3.53. The standard InChI is InChI=1S/C4H4N2OS/c5-3-6-8-2-1-4(8)7/h1-2H2. The topological polar surface area (TPSA) is 53.2 Å². The summed E-state index contributed by atoms with van der Waals surface area (Å²) in [5.41, 5.74) is 0. The van der Waals surface area contributed by atoms with E-state index in [4.69, 9.17) is 5.26 Å². The van der Waals surface area contributed by atoms with Crippen LogP contribution in [0.25, 0.3) is 0 Å². The minimum absolute atomic E-state index is 0.131. The Morgan fingerprint density at radius 1 is 1.88 bits per heavy atom. The molecule has 3 nitrogen and oxygen atoms in total. The molecule has 8 heavy (non-hydrogen) atoms. The fraction of sp³-hybridized carbons (Fsp3) is 0.500. The van der Waals surface area contributed by atoms with Crippen molar-refractivity contribution in [3.8, 4) is 6.19 Å². The van der Waals surface area contributed by atoms with Crippen LogP contribution in [-0.2, 0) is 15.5 Å². The van der Waals surface area contributed by atoms with Gasteiger partial charge in [0.2, 0.25) is 11.3 Å². The quantitative estimate of drug-likeness (QED) is 0.437. The summed E-state index contributed by atoms with van der Waals surface area (Å²) in [6, 6.07) is 0. The van der Waals surface area contributed by atoms with Crippen molar-refractivity contribution in [3.05, 3.63) is 0 Å². The first-order valence-electron chi connectivity index (χ1n) is 2.18. The lowest BCUT2D eigenvalue weighted by Gasteiger charge is -2.10. The van der Waals surface area contributed by atoms with Crippen LogP contribution in [-0.4, -0.2) is 10.9 Å². The number of nitriles is 1. The second-order valence-electron chi connectivity index (χ2n) is 1.38. The van der Waals surface area contributed by atoms with Crippen LogP contribution in [0.3, 0.4) is 0 Å². The lowest BCUT2D eigenvalue weighted by Crippen LogP contribution is -2.23. The molecule has 0 aliphatic carbocycles. The molecule has 0 aromatic carbocycles. The highest BCUT2D eigenvalue weighted by atomic mass is 32.2. The molecule has 0 radical (unpaired) electrons. The molecule has 4 heteroatoms. The fourth-order valence-electron chi connectivity index (χ4n) is 0.423. The zero-order chi connectivity index (χ0) is 5.98. The first kappa shape index (κ1) is 5.45. The van der Waals surface area contributed by atoms with Crippen LogP contribution in [0.1, 0.15) is 6.42 Å². The highest BCUT2D eigenvalue weighted by Gasteiger charge is 2.19. The fourth-order valence-corrected chi connectivity index (χ4v) is 1.27. The van der Waals surface area contributed by atoms with Gasteiger partial charge in [0.05, 0.1) is 0 Å². The lowest BCUT2D eigenvalue weighted by atomic mass is 10.5. The summed E-state index contributed by atoms with van der Waals surface area (Å²) < 4.78 is 3.39. The zero-order valence-corrected chi connectivity index (χ0v) is 4.94. The molecule has 1 atom stereocenters. The van der Waals surface area contributed by atoms with E-state index in [-0.39, 0.29) is 5.12 Å². The van der Waals surface area contributed by atoms with Crippen LogP contribution in [0.4, 0.5) is 0 Å². The zero-order valence-electron chi connectivity index (χ0n) is 4.13. The Morgan fingerprint density at radius 3 is 2.75 bits per heavy atom. The molecule has 0 aromatic heterocycles. The second-order valence-corrected chi connectivity index (χ2v) is 3.16. The summed E-state index contributed by atoms with van der Waals surface area (Å²) >= 11 is 0. The second kappa shape index (κ2) is 2.05. The van der Waals surface area contributed by atoms with Crippen LogP contribution in [0.5, 0.6) is 0 Å². The third-order valence-electron chi connectivity index (χ3n) is 0.913.